The van der Waals surface area contributed by atoms with Crippen LogP contribution in [0.15, 0.2) is 91.0 Å². The predicted molar refractivity (Wildman–Crippen MR) is 154 cm³/mol. The molecule has 2 atom stereocenters. The summed E-state index contributed by atoms with van der Waals surface area (Å²) in [5.41, 5.74) is 11.8. The van der Waals surface area contributed by atoms with E-state index in [0.29, 0.717) is 0 Å². The molecule has 0 bridgehead atoms. The van der Waals surface area contributed by atoms with E-state index in [4.69, 9.17) is 5.73 Å². The van der Waals surface area contributed by atoms with Gasteiger partial charge in [-0.25, -0.2) is 0 Å². The Bertz CT molecular complexity index is 1430. The zero-order chi connectivity index (χ0) is 24.6. The molecule has 0 saturated heterocycles. The largest absolute Gasteiger partial charge is 0.397 e. The molecule has 0 heterocycles. The summed E-state index contributed by atoms with van der Waals surface area (Å²) in [7, 11) is 0. The molecular formula is C33H36N2. The lowest BCUT2D eigenvalue weighted by atomic mass is 9.80. The lowest BCUT2D eigenvalue weighted by Gasteiger charge is -2.46. The van der Waals surface area contributed by atoms with Crippen LogP contribution in [-0.2, 0) is 0 Å². The minimum absolute atomic E-state index is 0.0503. The van der Waals surface area contributed by atoms with Crippen molar-refractivity contribution in [3.8, 4) is 0 Å². The van der Waals surface area contributed by atoms with Crippen LogP contribution in [0.5, 0.6) is 0 Å². The predicted octanol–water partition coefficient (Wildman–Crippen LogP) is 8.92. The normalized spacial score (nSPS) is 16.6. The van der Waals surface area contributed by atoms with Crippen molar-refractivity contribution in [3.05, 3.63) is 102 Å². The number of rotatable bonds is 6. The van der Waals surface area contributed by atoms with E-state index in [1.54, 1.807) is 0 Å². The first-order chi connectivity index (χ1) is 16.9. The van der Waals surface area contributed by atoms with Crippen LogP contribution in [0.1, 0.15) is 57.7 Å². The SMILES string of the molecule is CC/C=C\C(C)(C)C(C)N(c1c(N)c2ccccc2c2ccccc12)C1CC=Cc2ccccc21. The van der Waals surface area contributed by atoms with Crippen LogP contribution >= 0.6 is 0 Å². The second-order valence-electron chi connectivity index (χ2n) is 10.4. The first-order valence-corrected chi connectivity index (χ1v) is 12.8. The number of nitrogens with two attached hydrogens (primary N) is 1. The third kappa shape index (κ3) is 4.01. The van der Waals surface area contributed by atoms with Crippen molar-refractivity contribution in [2.45, 2.75) is 52.6 Å². The topological polar surface area (TPSA) is 29.3 Å². The maximum Gasteiger partial charge on any atom is 0.0694 e. The van der Waals surface area contributed by atoms with Crippen LogP contribution in [0.3, 0.4) is 0 Å². The molecule has 0 amide bonds. The van der Waals surface area contributed by atoms with Gasteiger partial charge in [0.05, 0.1) is 17.4 Å². The monoisotopic (exact) mass is 460 g/mol. The Labute approximate surface area is 209 Å². The van der Waals surface area contributed by atoms with E-state index in [2.05, 4.69) is 130 Å². The zero-order valence-corrected chi connectivity index (χ0v) is 21.3. The minimum Gasteiger partial charge on any atom is -0.397 e. The van der Waals surface area contributed by atoms with Crippen molar-refractivity contribution in [3.63, 3.8) is 0 Å². The molecule has 0 aromatic heterocycles. The molecule has 2 heteroatoms. The van der Waals surface area contributed by atoms with E-state index in [1.165, 1.54) is 27.3 Å². The van der Waals surface area contributed by atoms with Crippen molar-refractivity contribution >= 4 is 39.0 Å². The van der Waals surface area contributed by atoms with E-state index >= 15 is 0 Å². The number of allylic oxidation sites excluding steroid dienone is 1. The highest BCUT2D eigenvalue weighted by atomic mass is 15.2. The molecule has 2 nitrogen and oxygen atoms in total. The van der Waals surface area contributed by atoms with Gasteiger partial charge in [-0.1, -0.05) is 118 Å². The smallest absolute Gasteiger partial charge is 0.0694 e. The molecule has 35 heavy (non-hydrogen) atoms. The highest BCUT2D eigenvalue weighted by Gasteiger charge is 2.36. The van der Waals surface area contributed by atoms with Crippen molar-refractivity contribution in [1.29, 1.82) is 0 Å². The Morgan fingerprint density at radius 2 is 1.51 bits per heavy atom. The average molecular weight is 461 g/mol. The highest BCUT2D eigenvalue weighted by molar-refractivity contribution is 6.19. The fourth-order valence-electron chi connectivity index (χ4n) is 5.65. The number of hydrogen-bond donors (Lipinski definition) is 1. The van der Waals surface area contributed by atoms with Gasteiger partial charge in [-0.05, 0) is 41.7 Å². The second kappa shape index (κ2) is 9.26. The molecule has 4 aromatic rings. The Balaban J connectivity index is 1.83. The van der Waals surface area contributed by atoms with E-state index in [-0.39, 0.29) is 17.5 Å². The minimum atomic E-state index is -0.0503. The fourth-order valence-corrected chi connectivity index (χ4v) is 5.65. The molecule has 0 spiro atoms. The van der Waals surface area contributed by atoms with Crippen molar-refractivity contribution in [2.75, 3.05) is 10.6 Å². The summed E-state index contributed by atoms with van der Waals surface area (Å²) in [6.45, 7) is 9.26. The summed E-state index contributed by atoms with van der Waals surface area (Å²) in [6.07, 6.45) is 11.3. The summed E-state index contributed by atoms with van der Waals surface area (Å²) in [5, 5.41) is 4.81. The van der Waals surface area contributed by atoms with Crippen LogP contribution in [0.4, 0.5) is 11.4 Å². The second-order valence-corrected chi connectivity index (χ2v) is 10.4. The van der Waals surface area contributed by atoms with E-state index in [9.17, 15) is 0 Å². The Morgan fingerprint density at radius 1 is 0.914 bits per heavy atom. The van der Waals surface area contributed by atoms with Crippen LogP contribution in [0.25, 0.3) is 27.6 Å². The maximum atomic E-state index is 7.12. The van der Waals surface area contributed by atoms with E-state index in [1.807, 2.05) is 0 Å². The quantitative estimate of drug-likeness (QED) is 0.135. The summed E-state index contributed by atoms with van der Waals surface area (Å²) < 4.78 is 0. The average Bonchev–Trinajstić information content (AvgIpc) is 2.89. The third-order valence-corrected chi connectivity index (χ3v) is 7.83. The van der Waals surface area contributed by atoms with Gasteiger partial charge in [0.25, 0.3) is 0 Å². The zero-order valence-electron chi connectivity index (χ0n) is 21.3. The number of nitrogens with zero attached hydrogens (tertiary/aromatic N) is 1. The lowest BCUT2D eigenvalue weighted by Crippen LogP contribution is -2.45. The molecule has 0 saturated carbocycles. The molecule has 1 aliphatic carbocycles. The fraction of sp³-hybridized carbons (Fsp3) is 0.273. The molecule has 0 radical (unpaired) electrons. The van der Waals surface area contributed by atoms with Gasteiger partial charge in [-0.15, -0.1) is 0 Å². The molecule has 4 aromatic carbocycles. The Hall–Kier alpha value is -3.52. The molecule has 0 aliphatic heterocycles. The van der Waals surface area contributed by atoms with Crippen molar-refractivity contribution in [1.82, 2.24) is 0 Å². The van der Waals surface area contributed by atoms with Gasteiger partial charge in [0, 0.05) is 22.2 Å². The highest BCUT2D eigenvalue weighted by Crippen LogP contribution is 2.48. The van der Waals surface area contributed by atoms with Gasteiger partial charge in [-0.2, -0.15) is 0 Å². The molecular weight excluding hydrogens is 424 g/mol. The van der Waals surface area contributed by atoms with Crippen LogP contribution in [-0.4, -0.2) is 6.04 Å². The Kier molecular flexibility index (Phi) is 6.15. The number of hydrogen-bond acceptors (Lipinski definition) is 2. The van der Waals surface area contributed by atoms with Gasteiger partial charge in [0.2, 0.25) is 0 Å². The van der Waals surface area contributed by atoms with Gasteiger partial charge in [0.15, 0.2) is 0 Å². The van der Waals surface area contributed by atoms with Crippen LogP contribution < -0.4 is 10.6 Å². The number of anilines is 2. The summed E-state index contributed by atoms with van der Waals surface area (Å²) in [5.74, 6) is 0. The molecule has 5 rings (SSSR count). The first-order valence-electron chi connectivity index (χ1n) is 12.8. The molecule has 2 unspecified atom stereocenters. The van der Waals surface area contributed by atoms with Crippen molar-refractivity contribution < 1.29 is 0 Å². The van der Waals surface area contributed by atoms with Gasteiger partial charge in [-0.3, -0.25) is 0 Å². The van der Waals surface area contributed by atoms with Gasteiger partial charge >= 0.3 is 0 Å². The van der Waals surface area contributed by atoms with E-state index < -0.39 is 0 Å². The standard InChI is InChI=1S/C33H36N2/c1-5-6-22-33(3,4)23(2)35(30-21-13-15-24-14-7-8-16-25(24)30)32-29-20-12-10-18-27(29)26-17-9-11-19-28(26)31(32)34/h6-20,22-23,30H,5,21,34H2,1-4H3/b22-6-. The number of benzene rings is 4. The van der Waals surface area contributed by atoms with Crippen molar-refractivity contribution in [2.24, 2.45) is 5.41 Å². The first kappa shape index (κ1) is 23.2. The maximum absolute atomic E-state index is 7.12. The van der Waals surface area contributed by atoms with E-state index in [0.717, 1.165) is 29.6 Å². The summed E-state index contributed by atoms with van der Waals surface area (Å²) in [4.78, 5) is 2.63. The number of fused-ring (bicyclic) bond motifs is 4. The van der Waals surface area contributed by atoms with Crippen LogP contribution in [0.2, 0.25) is 0 Å². The van der Waals surface area contributed by atoms with Gasteiger partial charge in [0.1, 0.15) is 0 Å². The van der Waals surface area contributed by atoms with Gasteiger partial charge < -0.3 is 10.6 Å². The Morgan fingerprint density at radius 3 is 2.23 bits per heavy atom. The lowest BCUT2D eigenvalue weighted by molar-refractivity contribution is 0.346. The number of nitrogen functional groups attached to an aromatic ring is 1. The summed E-state index contributed by atoms with van der Waals surface area (Å²) >= 11 is 0. The third-order valence-electron chi connectivity index (χ3n) is 7.83. The molecule has 0 fully saturated rings. The molecule has 2 N–H and O–H groups in total. The molecule has 1 aliphatic rings. The summed E-state index contributed by atoms with van der Waals surface area (Å²) in [6, 6.07) is 26.5. The van der Waals surface area contributed by atoms with Crippen LogP contribution in [0, 0.1) is 5.41 Å². The molecule has 178 valence electrons.